The fraction of sp³-hybridized carbons (Fsp3) is 0.833. The van der Waals surface area contributed by atoms with E-state index >= 15 is 0 Å². The maximum atomic E-state index is 6.53. The van der Waals surface area contributed by atoms with E-state index in [9.17, 15) is 0 Å². The highest BCUT2D eigenvalue weighted by Gasteiger charge is 2.37. The molecule has 21 heavy (non-hydrogen) atoms. The number of aryl methyl sites for hydroxylation is 2. The fourth-order valence-electron chi connectivity index (χ4n) is 4.39. The van der Waals surface area contributed by atoms with Gasteiger partial charge in [0.2, 0.25) is 0 Å². The molecule has 1 heterocycles. The molecule has 3 unspecified atom stereocenters. The average molecular weight is 289 g/mol. The molecule has 3 heteroatoms. The molecule has 2 aliphatic carbocycles. The van der Waals surface area contributed by atoms with Crippen molar-refractivity contribution in [2.45, 2.75) is 84.7 Å². The first-order valence-corrected chi connectivity index (χ1v) is 8.70. The normalized spacial score (nSPS) is 30.2. The summed E-state index contributed by atoms with van der Waals surface area (Å²) in [5, 5.41) is 0. The topological polar surface area (TPSA) is 43.8 Å². The van der Waals surface area contributed by atoms with Gasteiger partial charge in [-0.15, -0.1) is 0 Å². The van der Waals surface area contributed by atoms with Crippen LogP contribution in [0.4, 0.5) is 0 Å². The van der Waals surface area contributed by atoms with Crippen LogP contribution in [-0.4, -0.2) is 15.6 Å². The highest BCUT2D eigenvalue weighted by atomic mass is 15.1. The summed E-state index contributed by atoms with van der Waals surface area (Å²) in [5.74, 6) is 1.96. The van der Waals surface area contributed by atoms with Crippen molar-refractivity contribution in [2.24, 2.45) is 17.1 Å². The van der Waals surface area contributed by atoms with Gasteiger partial charge in [-0.3, -0.25) is 0 Å². The summed E-state index contributed by atoms with van der Waals surface area (Å²) in [7, 11) is 0. The predicted octanol–water partition coefficient (Wildman–Crippen LogP) is 3.78. The van der Waals surface area contributed by atoms with E-state index in [2.05, 4.69) is 32.3 Å². The van der Waals surface area contributed by atoms with Gasteiger partial charge in [0.15, 0.2) is 0 Å². The zero-order valence-corrected chi connectivity index (χ0v) is 14.2. The Kier molecular flexibility index (Phi) is 3.89. The van der Waals surface area contributed by atoms with Crippen molar-refractivity contribution in [1.82, 2.24) is 9.55 Å². The Morgan fingerprint density at radius 1 is 1.14 bits per heavy atom. The number of hydrogen-bond acceptors (Lipinski definition) is 2. The van der Waals surface area contributed by atoms with Crippen molar-refractivity contribution >= 4 is 0 Å². The van der Waals surface area contributed by atoms with E-state index in [-0.39, 0.29) is 0 Å². The minimum Gasteiger partial charge on any atom is -0.327 e. The summed E-state index contributed by atoms with van der Waals surface area (Å²) in [5.41, 5.74) is 9.76. The summed E-state index contributed by atoms with van der Waals surface area (Å²) in [6.07, 6.45) is 8.60. The molecule has 2 aliphatic rings. The molecule has 1 aromatic rings. The Bertz CT molecular complexity index is 509. The predicted molar refractivity (Wildman–Crippen MR) is 87.4 cm³/mol. The van der Waals surface area contributed by atoms with E-state index in [1.54, 1.807) is 0 Å². The van der Waals surface area contributed by atoms with Gasteiger partial charge in [0, 0.05) is 11.7 Å². The van der Waals surface area contributed by atoms with Crippen molar-refractivity contribution < 1.29 is 0 Å². The van der Waals surface area contributed by atoms with Gasteiger partial charge in [0.1, 0.15) is 5.82 Å². The summed E-state index contributed by atoms with van der Waals surface area (Å²) >= 11 is 0. The Hall–Kier alpha value is -0.830. The Labute approximate surface area is 129 Å². The molecule has 1 saturated carbocycles. The standard InChI is InChI=1S/C18H31N3/c1-12-20-15-7-5-6-8-16(15)21(12)17-11-13(18(2,3)4)9-10-14(17)19/h13-14,17H,5-11,19H2,1-4H3. The lowest BCUT2D eigenvalue weighted by Gasteiger charge is -2.42. The minimum absolute atomic E-state index is 0.294. The Morgan fingerprint density at radius 2 is 1.86 bits per heavy atom. The van der Waals surface area contributed by atoms with Crippen molar-refractivity contribution in [3.05, 3.63) is 17.2 Å². The molecule has 118 valence electrons. The SMILES string of the molecule is Cc1nc2c(n1C1CC(C(C)(C)C)CCC1N)CCCC2. The van der Waals surface area contributed by atoms with Crippen molar-refractivity contribution in [2.75, 3.05) is 0 Å². The van der Waals surface area contributed by atoms with Crippen molar-refractivity contribution in [3.63, 3.8) is 0 Å². The second-order valence-corrected chi connectivity index (χ2v) is 8.24. The van der Waals surface area contributed by atoms with Crippen LogP contribution in [-0.2, 0) is 12.8 Å². The van der Waals surface area contributed by atoms with Crippen LogP contribution < -0.4 is 5.73 Å². The zero-order valence-electron chi connectivity index (χ0n) is 14.2. The van der Waals surface area contributed by atoms with Crippen LogP contribution in [0.25, 0.3) is 0 Å². The molecule has 0 bridgehead atoms. The third kappa shape index (κ3) is 2.77. The second kappa shape index (κ2) is 5.42. The van der Waals surface area contributed by atoms with Crippen LogP contribution in [0.2, 0.25) is 0 Å². The number of aromatic nitrogens is 2. The molecule has 3 atom stereocenters. The van der Waals surface area contributed by atoms with Gasteiger partial charge in [-0.25, -0.2) is 4.98 Å². The van der Waals surface area contributed by atoms with Crippen LogP contribution in [0.15, 0.2) is 0 Å². The van der Waals surface area contributed by atoms with E-state index in [0.717, 1.165) is 18.8 Å². The molecule has 0 aliphatic heterocycles. The number of nitrogens with two attached hydrogens (primary N) is 1. The van der Waals surface area contributed by atoms with Gasteiger partial charge in [0.25, 0.3) is 0 Å². The van der Waals surface area contributed by atoms with Crippen LogP contribution in [0, 0.1) is 18.3 Å². The molecule has 1 aromatic heterocycles. The van der Waals surface area contributed by atoms with Gasteiger partial charge in [-0.05, 0) is 63.2 Å². The molecule has 0 spiro atoms. The lowest BCUT2D eigenvalue weighted by atomic mass is 9.69. The van der Waals surface area contributed by atoms with Gasteiger partial charge >= 0.3 is 0 Å². The summed E-state index contributed by atoms with van der Waals surface area (Å²) in [4.78, 5) is 4.86. The highest BCUT2D eigenvalue weighted by molar-refractivity contribution is 5.21. The number of imidazole rings is 1. The zero-order chi connectivity index (χ0) is 15.2. The monoisotopic (exact) mass is 289 g/mol. The van der Waals surface area contributed by atoms with E-state index in [1.165, 1.54) is 49.3 Å². The second-order valence-electron chi connectivity index (χ2n) is 8.24. The summed E-state index contributed by atoms with van der Waals surface area (Å²) in [6, 6.07) is 0.750. The van der Waals surface area contributed by atoms with Gasteiger partial charge in [0.05, 0.1) is 11.7 Å². The molecule has 0 radical (unpaired) electrons. The first-order valence-electron chi connectivity index (χ1n) is 8.70. The lowest BCUT2D eigenvalue weighted by molar-refractivity contribution is 0.128. The Balaban J connectivity index is 1.93. The largest absolute Gasteiger partial charge is 0.327 e. The van der Waals surface area contributed by atoms with E-state index in [4.69, 9.17) is 10.7 Å². The quantitative estimate of drug-likeness (QED) is 0.855. The van der Waals surface area contributed by atoms with Crippen LogP contribution in [0.1, 0.15) is 76.1 Å². The molecule has 2 N–H and O–H groups in total. The maximum Gasteiger partial charge on any atom is 0.106 e. The van der Waals surface area contributed by atoms with Crippen LogP contribution in [0.5, 0.6) is 0 Å². The van der Waals surface area contributed by atoms with E-state index < -0.39 is 0 Å². The average Bonchev–Trinajstić information content (AvgIpc) is 2.74. The molecular formula is C18H31N3. The van der Waals surface area contributed by atoms with Crippen molar-refractivity contribution in [3.8, 4) is 0 Å². The fourth-order valence-corrected chi connectivity index (χ4v) is 4.39. The minimum atomic E-state index is 0.294. The van der Waals surface area contributed by atoms with E-state index in [0.29, 0.717) is 17.5 Å². The summed E-state index contributed by atoms with van der Waals surface area (Å²) < 4.78 is 2.52. The number of hydrogen-bond donors (Lipinski definition) is 1. The van der Waals surface area contributed by atoms with Gasteiger partial charge in [-0.2, -0.15) is 0 Å². The summed E-state index contributed by atoms with van der Waals surface area (Å²) in [6.45, 7) is 9.30. The first kappa shape index (κ1) is 15.1. The number of rotatable bonds is 1. The highest BCUT2D eigenvalue weighted by Crippen LogP contribution is 2.43. The van der Waals surface area contributed by atoms with Crippen LogP contribution in [0.3, 0.4) is 0 Å². The number of fused-ring (bicyclic) bond motifs is 1. The lowest BCUT2D eigenvalue weighted by Crippen LogP contribution is -2.41. The molecule has 3 rings (SSSR count). The molecule has 0 amide bonds. The third-order valence-corrected chi connectivity index (χ3v) is 5.77. The molecule has 0 saturated heterocycles. The van der Waals surface area contributed by atoms with Gasteiger partial charge < -0.3 is 10.3 Å². The van der Waals surface area contributed by atoms with E-state index in [1.807, 2.05) is 0 Å². The van der Waals surface area contributed by atoms with Crippen molar-refractivity contribution in [1.29, 1.82) is 0 Å². The van der Waals surface area contributed by atoms with Gasteiger partial charge in [-0.1, -0.05) is 20.8 Å². The Morgan fingerprint density at radius 3 is 2.57 bits per heavy atom. The number of nitrogens with zero attached hydrogens (tertiary/aromatic N) is 2. The molecule has 0 aromatic carbocycles. The first-order chi connectivity index (χ1) is 9.88. The third-order valence-electron chi connectivity index (χ3n) is 5.77. The molecule has 3 nitrogen and oxygen atoms in total. The van der Waals surface area contributed by atoms with Crippen LogP contribution >= 0.6 is 0 Å². The molecule has 1 fully saturated rings. The maximum absolute atomic E-state index is 6.53. The molecular weight excluding hydrogens is 258 g/mol. The smallest absolute Gasteiger partial charge is 0.106 e.